The van der Waals surface area contributed by atoms with Crippen LogP contribution in [0.2, 0.25) is 0 Å². The molecule has 0 radical (unpaired) electrons. The van der Waals surface area contributed by atoms with Crippen molar-refractivity contribution in [1.29, 1.82) is 0 Å². The zero-order chi connectivity index (χ0) is 29.7. The van der Waals surface area contributed by atoms with Crippen molar-refractivity contribution in [2.24, 2.45) is 28.6 Å². The Hall–Kier alpha value is -0.840. The molecule has 4 saturated carbocycles. The lowest BCUT2D eigenvalue weighted by Crippen LogP contribution is -2.78. The van der Waals surface area contributed by atoms with Crippen molar-refractivity contribution in [2.45, 2.75) is 107 Å². The van der Waals surface area contributed by atoms with Gasteiger partial charge in [0.2, 0.25) is 0 Å². The smallest absolute Gasteiger partial charge is 0.163 e. The highest BCUT2D eigenvalue weighted by atomic mass is 16.7. The van der Waals surface area contributed by atoms with Crippen molar-refractivity contribution >= 4 is 0 Å². The summed E-state index contributed by atoms with van der Waals surface area (Å²) < 4.78 is 48.7. The van der Waals surface area contributed by atoms with Crippen LogP contribution < -0.4 is 0 Å². The predicted molar refractivity (Wildman–Crippen MR) is 147 cm³/mol. The zero-order valence-electron chi connectivity index (χ0n) is 25.6. The second kappa shape index (κ2) is 11.6. The molecular formula is C31H50O10. The highest BCUT2D eigenvalue weighted by molar-refractivity contribution is 5.27. The first kappa shape index (κ1) is 31.6. The predicted octanol–water partition coefficient (Wildman–Crippen LogP) is 2.83. The SMILES string of the molecule is C#CC(O)[C@H]1CC[C@]2(OCOC)C3CC[C@]4(O)C[C@@H](OCOC)C[C@H]5OC(C)(C)OC[C@]54C3[C@H](OCOC)C[C@]12C. The highest BCUT2D eigenvalue weighted by Gasteiger charge is 2.78. The average Bonchev–Trinajstić information content (AvgIpc) is 3.24. The van der Waals surface area contributed by atoms with E-state index < -0.39 is 33.9 Å². The number of hydrogen-bond donors (Lipinski definition) is 2. The molecule has 4 aliphatic carbocycles. The summed E-state index contributed by atoms with van der Waals surface area (Å²) in [5, 5.41) is 23.8. The van der Waals surface area contributed by atoms with Crippen LogP contribution in [0.4, 0.5) is 0 Å². The van der Waals surface area contributed by atoms with Crippen LogP contribution >= 0.6 is 0 Å². The average molecular weight is 583 g/mol. The van der Waals surface area contributed by atoms with Crippen molar-refractivity contribution < 1.29 is 48.1 Å². The number of fused-ring (bicyclic) bond motifs is 3. The van der Waals surface area contributed by atoms with E-state index in [0.717, 1.165) is 12.8 Å². The van der Waals surface area contributed by atoms with Gasteiger partial charge in [-0.05, 0) is 51.9 Å². The maximum absolute atomic E-state index is 12.7. The molecule has 0 bridgehead atoms. The Balaban J connectivity index is 1.65. The van der Waals surface area contributed by atoms with Crippen LogP contribution in [0.25, 0.3) is 0 Å². The van der Waals surface area contributed by atoms with Crippen LogP contribution in [0, 0.1) is 40.9 Å². The number of ether oxygens (including phenoxy) is 8. The minimum Gasteiger partial charge on any atom is -0.389 e. The number of terminal acetylenes is 1. The second-order valence-corrected chi connectivity index (χ2v) is 13.6. The molecule has 0 amide bonds. The van der Waals surface area contributed by atoms with Gasteiger partial charge in [-0.15, -0.1) is 6.42 Å². The molecule has 5 aliphatic rings. The maximum atomic E-state index is 12.7. The van der Waals surface area contributed by atoms with Crippen molar-refractivity contribution in [3.63, 3.8) is 0 Å². The largest absolute Gasteiger partial charge is 0.389 e. The molecular weight excluding hydrogens is 532 g/mol. The standard InChI is InChI=1S/C31H50O10/c1-8-23(32)21-10-12-31(40-19-36-7)22-9-11-29(33)14-20(37-17-34-5)13-25-30(29,16-39-27(2,3)41-25)26(22)24(38-18-35-6)15-28(21,31)4/h1,20-26,32-33H,9-19H2,2-7H3/t20-,21+,22?,23?,24+,25+,26?,28+,29-,30+,31-/m0/s1. The molecule has 11 atom stereocenters. The van der Waals surface area contributed by atoms with Gasteiger partial charge in [-0.25, -0.2) is 0 Å². The Morgan fingerprint density at radius 3 is 2.37 bits per heavy atom. The van der Waals surface area contributed by atoms with Crippen molar-refractivity contribution in [1.82, 2.24) is 0 Å². The Bertz CT molecular complexity index is 969. The Labute approximate surface area is 244 Å². The van der Waals surface area contributed by atoms with Crippen molar-refractivity contribution in [2.75, 3.05) is 48.3 Å². The van der Waals surface area contributed by atoms with Crippen LogP contribution in [0.15, 0.2) is 0 Å². The van der Waals surface area contributed by atoms with Crippen LogP contribution in [-0.2, 0) is 37.9 Å². The number of rotatable bonds is 10. The van der Waals surface area contributed by atoms with Gasteiger partial charge < -0.3 is 48.1 Å². The van der Waals surface area contributed by atoms with Gasteiger partial charge in [0, 0.05) is 51.4 Å². The first-order chi connectivity index (χ1) is 19.5. The van der Waals surface area contributed by atoms with Crippen LogP contribution in [0.1, 0.15) is 65.7 Å². The molecule has 10 nitrogen and oxygen atoms in total. The van der Waals surface area contributed by atoms with E-state index in [2.05, 4.69) is 12.8 Å². The van der Waals surface area contributed by atoms with E-state index in [9.17, 15) is 10.2 Å². The molecule has 5 rings (SSSR count). The molecule has 41 heavy (non-hydrogen) atoms. The lowest BCUT2D eigenvalue weighted by Gasteiger charge is -2.71. The summed E-state index contributed by atoms with van der Waals surface area (Å²) >= 11 is 0. The van der Waals surface area contributed by atoms with E-state index in [1.165, 1.54) is 0 Å². The minimum absolute atomic E-state index is 0.0409. The fourth-order valence-corrected chi connectivity index (χ4v) is 9.96. The van der Waals surface area contributed by atoms with Gasteiger partial charge in [-0.1, -0.05) is 12.8 Å². The third-order valence-corrected chi connectivity index (χ3v) is 11.5. The molecule has 234 valence electrons. The van der Waals surface area contributed by atoms with E-state index in [0.29, 0.717) is 38.7 Å². The zero-order valence-corrected chi connectivity index (χ0v) is 25.6. The fourth-order valence-electron chi connectivity index (χ4n) is 9.96. The Morgan fingerprint density at radius 2 is 1.68 bits per heavy atom. The van der Waals surface area contributed by atoms with Gasteiger partial charge in [0.25, 0.3) is 0 Å². The summed E-state index contributed by atoms with van der Waals surface area (Å²) in [7, 11) is 4.84. The molecule has 2 N–H and O–H groups in total. The molecule has 0 aromatic heterocycles. The fraction of sp³-hybridized carbons (Fsp3) is 0.935. The molecule has 1 aliphatic heterocycles. The lowest BCUT2D eigenvalue weighted by atomic mass is 9.40. The van der Waals surface area contributed by atoms with Crippen LogP contribution in [-0.4, -0.2) is 99.9 Å². The van der Waals surface area contributed by atoms with Gasteiger partial charge in [0.05, 0.1) is 41.5 Å². The number of hydrogen-bond acceptors (Lipinski definition) is 10. The summed E-state index contributed by atoms with van der Waals surface area (Å²) in [6.45, 7) is 6.71. The van der Waals surface area contributed by atoms with E-state index in [1.54, 1.807) is 21.3 Å². The molecule has 1 spiro atoms. The highest BCUT2D eigenvalue weighted by Crippen LogP contribution is 2.72. The minimum atomic E-state index is -1.13. The summed E-state index contributed by atoms with van der Waals surface area (Å²) in [5.41, 5.74) is -3.08. The number of aliphatic hydroxyl groups excluding tert-OH is 1. The van der Waals surface area contributed by atoms with Gasteiger partial charge >= 0.3 is 0 Å². The molecule has 1 saturated heterocycles. The van der Waals surface area contributed by atoms with Crippen LogP contribution in [0.3, 0.4) is 0 Å². The summed E-state index contributed by atoms with van der Waals surface area (Å²) in [5.74, 6) is 1.37. The second-order valence-electron chi connectivity index (χ2n) is 13.6. The van der Waals surface area contributed by atoms with E-state index in [4.69, 9.17) is 44.3 Å². The van der Waals surface area contributed by atoms with E-state index >= 15 is 0 Å². The van der Waals surface area contributed by atoms with Gasteiger partial charge in [0.1, 0.15) is 26.5 Å². The first-order valence-electron chi connectivity index (χ1n) is 15.0. The van der Waals surface area contributed by atoms with Gasteiger partial charge in [-0.2, -0.15) is 0 Å². The number of methoxy groups -OCH3 is 3. The van der Waals surface area contributed by atoms with Crippen molar-refractivity contribution in [3.05, 3.63) is 0 Å². The van der Waals surface area contributed by atoms with Crippen molar-refractivity contribution in [3.8, 4) is 12.3 Å². The van der Waals surface area contributed by atoms with Gasteiger partial charge in [0.15, 0.2) is 5.79 Å². The summed E-state index contributed by atoms with van der Waals surface area (Å²) in [6.07, 6.45) is 8.25. The van der Waals surface area contributed by atoms with E-state index in [-0.39, 0.29) is 56.4 Å². The summed E-state index contributed by atoms with van der Waals surface area (Å²) in [4.78, 5) is 0. The number of aliphatic hydroxyl groups is 2. The molecule has 5 fully saturated rings. The lowest BCUT2D eigenvalue weighted by molar-refractivity contribution is -0.409. The molecule has 0 aromatic carbocycles. The Kier molecular flexibility index (Phi) is 8.92. The molecule has 1 heterocycles. The van der Waals surface area contributed by atoms with E-state index in [1.807, 2.05) is 13.8 Å². The molecule has 10 heteroatoms. The normalized spacial score (nSPS) is 47.4. The molecule has 0 aromatic rings. The van der Waals surface area contributed by atoms with Gasteiger partial charge in [-0.3, -0.25) is 0 Å². The van der Waals surface area contributed by atoms with Crippen LogP contribution in [0.5, 0.6) is 0 Å². The monoisotopic (exact) mass is 582 g/mol. The Morgan fingerprint density at radius 1 is 0.976 bits per heavy atom. The quantitative estimate of drug-likeness (QED) is 0.294. The maximum Gasteiger partial charge on any atom is 0.163 e. The summed E-state index contributed by atoms with van der Waals surface area (Å²) in [6, 6.07) is 0. The molecule has 3 unspecified atom stereocenters. The third kappa shape index (κ3) is 4.80. The topological polar surface area (TPSA) is 114 Å². The third-order valence-electron chi connectivity index (χ3n) is 11.5. The first-order valence-corrected chi connectivity index (χ1v) is 15.0.